The summed E-state index contributed by atoms with van der Waals surface area (Å²) in [6, 6.07) is 3.02. The number of likely N-dealkylation sites (N-methyl/N-ethyl adjacent to an activating group) is 1. The van der Waals surface area contributed by atoms with Crippen molar-refractivity contribution in [3.8, 4) is 0 Å². The second-order valence-corrected chi connectivity index (χ2v) is 6.40. The molecule has 4 N–H and O–H groups in total. The van der Waals surface area contributed by atoms with E-state index in [9.17, 15) is 9.18 Å². The van der Waals surface area contributed by atoms with Crippen LogP contribution in [-0.2, 0) is 4.79 Å². The molecular formula is C14H15BClFN4OS. The number of hydrogen-bond donors (Lipinski definition) is 3. The number of halogens is 2. The molecule has 0 bridgehead atoms. The lowest BCUT2D eigenvalue weighted by atomic mass is 10.1. The van der Waals surface area contributed by atoms with E-state index in [0.29, 0.717) is 21.9 Å². The van der Waals surface area contributed by atoms with Crippen molar-refractivity contribution in [1.82, 2.24) is 10.3 Å². The quantitative estimate of drug-likeness (QED) is 0.686. The van der Waals surface area contributed by atoms with Crippen LogP contribution in [0.5, 0.6) is 0 Å². The highest BCUT2D eigenvalue weighted by Gasteiger charge is 2.22. The molecule has 0 saturated carbocycles. The minimum Gasteiger partial charge on any atom is -0.325 e. The fourth-order valence-electron chi connectivity index (χ4n) is 1.99. The number of carbonyl (C=O) groups excluding carboxylic acids is 1. The number of hydrogen-bond acceptors (Lipinski definition) is 5. The first-order chi connectivity index (χ1) is 10.9. The molecule has 120 valence electrons. The summed E-state index contributed by atoms with van der Waals surface area (Å²) in [5, 5.41) is 6.19. The average Bonchev–Trinajstić information content (AvgIpc) is 2.95. The number of nitrogens with one attached hydrogen (secondary N) is 2. The Kier molecular flexibility index (Phi) is 6.12. The van der Waals surface area contributed by atoms with Crippen molar-refractivity contribution in [1.29, 1.82) is 0 Å². The maximum Gasteiger partial charge on any atom is 0.241 e. The predicted molar refractivity (Wildman–Crippen MR) is 91.9 cm³/mol. The molecule has 2 unspecified atom stereocenters. The summed E-state index contributed by atoms with van der Waals surface area (Å²) < 4.78 is 13.7. The van der Waals surface area contributed by atoms with E-state index in [0.717, 1.165) is 0 Å². The zero-order valence-electron chi connectivity index (χ0n) is 12.3. The number of carbonyl (C=O) groups is 1. The fraction of sp³-hybridized carbons (Fsp3) is 0.286. The Morgan fingerprint density at radius 2 is 2.30 bits per heavy atom. The Bertz CT molecular complexity index is 699. The Morgan fingerprint density at radius 1 is 1.57 bits per heavy atom. The predicted octanol–water partition coefficient (Wildman–Crippen LogP) is 1.35. The highest BCUT2D eigenvalue weighted by Crippen LogP contribution is 2.21. The average molecular weight is 353 g/mol. The topological polar surface area (TPSA) is 80.0 Å². The second-order valence-electron chi connectivity index (χ2n) is 4.90. The molecule has 1 aromatic carbocycles. The van der Waals surface area contributed by atoms with E-state index in [-0.39, 0.29) is 10.9 Å². The van der Waals surface area contributed by atoms with Crippen LogP contribution in [0.25, 0.3) is 0 Å². The monoisotopic (exact) mass is 352 g/mol. The molecule has 2 radical (unpaired) electrons. The van der Waals surface area contributed by atoms with Crippen molar-refractivity contribution < 1.29 is 9.18 Å². The maximum atomic E-state index is 13.1. The Morgan fingerprint density at radius 3 is 2.87 bits per heavy atom. The van der Waals surface area contributed by atoms with Crippen LogP contribution in [0.15, 0.2) is 24.4 Å². The Balaban J connectivity index is 2.01. The third-order valence-electron chi connectivity index (χ3n) is 3.20. The van der Waals surface area contributed by atoms with Gasteiger partial charge in [-0.2, -0.15) is 0 Å². The number of benzene rings is 1. The Hall–Kier alpha value is -1.48. The Labute approximate surface area is 143 Å². The number of amides is 1. The van der Waals surface area contributed by atoms with Crippen molar-refractivity contribution in [2.45, 2.75) is 18.5 Å². The number of aromatic nitrogens is 1. The van der Waals surface area contributed by atoms with Gasteiger partial charge < -0.3 is 16.4 Å². The highest BCUT2D eigenvalue weighted by molar-refractivity contribution is 7.19. The maximum absolute atomic E-state index is 13.1. The summed E-state index contributed by atoms with van der Waals surface area (Å²) in [6.45, 7) is 0. The van der Waals surface area contributed by atoms with Gasteiger partial charge in [-0.05, 0) is 36.4 Å². The number of nitrogens with zero attached hydrogens (tertiary/aromatic N) is 1. The van der Waals surface area contributed by atoms with Crippen LogP contribution in [0.1, 0.15) is 17.5 Å². The molecule has 23 heavy (non-hydrogen) atoms. The molecule has 0 aliphatic carbocycles. The number of anilines is 1. The van der Waals surface area contributed by atoms with E-state index in [4.69, 9.17) is 25.2 Å². The third kappa shape index (κ3) is 4.75. The summed E-state index contributed by atoms with van der Waals surface area (Å²) in [4.78, 5) is 16.4. The van der Waals surface area contributed by atoms with E-state index in [1.54, 1.807) is 7.05 Å². The van der Waals surface area contributed by atoms with Gasteiger partial charge in [-0.25, -0.2) is 9.37 Å². The van der Waals surface area contributed by atoms with Crippen LogP contribution < -0.4 is 21.1 Å². The molecule has 0 fully saturated rings. The van der Waals surface area contributed by atoms with Crippen molar-refractivity contribution in [2.24, 2.45) is 5.73 Å². The molecule has 1 amide bonds. The number of thiazole rings is 1. The lowest BCUT2D eigenvalue weighted by Gasteiger charge is -2.19. The van der Waals surface area contributed by atoms with Crippen molar-refractivity contribution >= 4 is 47.2 Å². The van der Waals surface area contributed by atoms with Gasteiger partial charge >= 0.3 is 0 Å². The third-order valence-corrected chi connectivity index (χ3v) is 4.45. The highest BCUT2D eigenvalue weighted by atomic mass is 35.5. The first kappa shape index (κ1) is 17.9. The molecule has 2 rings (SSSR count). The van der Waals surface area contributed by atoms with Crippen LogP contribution in [-0.4, -0.2) is 31.8 Å². The van der Waals surface area contributed by atoms with Gasteiger partial charge in [-0.1, -0.05) is 11.6 Å². The van der Waals surface area contributed by atoms with Crippen molar-refractivity contribution in [2.75, 3.05) is 12.4 Å². The van der Waals surface area contributed by atoms with Gasteiger partial charge in [0.2, 0.25) is 5.91 Å². The molecule has 0 aliphatic heterocycles. The molecule has 0 spiro atoms. The van der Waals surface area contributed by atoms with Crippen LogP contribution in [0.4, 0.5) is 10.1 Å². The van der Waals surface area contributed by atoms with Gasteiger partial charge in [0.25, 0.3) is 0 Å². The molecule has 2 atom stereocenters. The van der Waals surface area contributed by atoms with Crippen LogP contribution in [0.3, 0.4) is 0 Å². The number of nitrogens with two attached hydrogens (primary N) is 1. The van der Waals surface area contributed by atoms with Gasteiger partial charge in [-0.15, -0.1) is 11.3 Å². The zero-order valence-corrected chi connectivity index (χ0v) is 13.9. The first-order valence-corrected chi connectivity index (χ1v) is 8.00. The lowest BCUT2D eigenvalue weighted by Crippen LogP contribution is -2.40. The minimum absolute atomic E-state index is 0.0567. The van der Waals surface area contributed by atoms with Crippen LogP contribution in [0, 0.1) is 5.82 Å². The van der Waals surface area contributed by atoms with Gasteiger partial charge in [-0.3, -0.25) is 4.79 Å². The summed E-state index contributed by atoms with van der Waals surface area (Å²) in [5.41, 5.74) is 6.47. The van der Waals surface area contributed by atoms with Crippen molar-refractivity contribution in [3.63, 3.8) is 0 Å². The molecule has 0 saturated heterocycles. The molecule has 1 aromatic heterocycles. The molecule has 1 heterocycles. The molecular weight excluding hydrogens is 338 g/mol. The van der Waals surface area contributed by atoms with Crippen LogP contribution >= 0.6 is 22.9 Å². The van der Waals surface area contributed by atoms with Gasteiger partial charge in [0.15, 0.2) is 0 Å². The summed E-state index contributed by atoms with van der Waals surface area (Å²) in [7, 11) is 7.29. The second kappa shape index (κ2) is 7.87. The van der Waals surface area contributed by atoms with E-state index in [2.05, 4.69) is 15.6 Å². The van der Waals surface area contributed by atoms with E-state index < -0.39 is 17.9 Å². The van der Waals surface area contributed by atoms with Crippen molar-refractivity contribution in [3.05, 3.63) is 40.2 Å². The van der Waals surface area contributed by atoms with E-state index >= 15 is 0 Å². The smallest absolute Gasteiger partial charge is 0.241 e. The summed E-state index contributed by atoms with van der Waals surface area (Å²) in [5.74, 6) is -0.839. The van der Waals surface area contributed by atoms with Gasteiger partial charge in [0, 0.05) is 11.9 Å². The molecule has 0 aliphatic rings. The molecule has 2 aromatic rings. The fourth-order valence-corrected chi connectivity index (χ4v) is 2.87. The zero-order chi connectivity index (χ0) is 17.0. The molecule has 5 nitrogen and oxygen atoms in total. The standard InChI is InChI=1S/C14H15BClFN4OS/c1-19-11(5-10(18)14-20-6-12(15)23-14)13(22)21-7-2-3-9(17)8(16)4-7/h2-4,6,10-11,19H,5,18H2,1H3,(H,21,22). The normalized spacial score (nSPS) is 13.6. The summed E-state index contributed by atoms with van der Waals surface area (Å²) in [6.07, 6.45) is 1.87. The van der Waals surface area contributed by atoms with E-state index in [1.165, 1.54) is 35.7 Å². The minimum atomic E-state index is -0.543. The summed E-state index contributed by atoms with van der Waals surface area (Å²) >= 11 is 6.99. The lowest BCUT2D eigenvalue weighted by molar-refractivity contribution is -0.118. The largest absolute Gasteiger partial charge is 0.325 e. The van der Waals surface area contributed by atoms with E-state index in [1.807, 2.05) is 0 Å². The van der Waals surface area contributed by atoms with Gasteiger partial charge in [0.1, 0.15) is 18.7 Å². The number of rotatable bonds is 6. The first-order valence-electron chi connectivity index (χ1n) is 6.80. The van der Waals surface area contributed by atoms with Gasteiger partial charge in [0.05, 0.1) is 17.1 Å². The SMILES string of the molecule is [B]c1cnc(C(N)CC(NC)C(=O)Nc2ccc(F)c(Cl)c2)s1. The molecule has 9 heteroatoms. The van der Waals surface area contributed by atoms with Crippen LogP contribution in [0.2, 0.25) is 5.02 Å².